The van der Waals surface area contributed by atoms with Gasteiger partial charge in [-0.05, 0) is 36.8 Å². The Morgan fingerprint density at radius 3 is 2.33 bits per heavy atom. The first-order valence-electron chi connectivity index (χ1n) is 8.24. The summed E-state index contributed by atoms with van der Waals surface area (Å²) in [6.45, 7) is 7.23. The fourth-order valence-corrected chi connectivity index (χ4v) is 3.17. The molecule has 0 saturated heterocycles. The summed E-state index contributed by atoms with van der Waals surface area (Å²) in [5.74, 6) is -0.698. The maximum atomic E-state index is 12.7. The van der Waals surface area contributed by atoms with Crippen LogP contribution < -0.4 is 21.1 Å². The Balaban J connectivity index is 2.25. The second-order valence-corrected chi connectivity index (χ2v) is 8.11. The van der Waals surface area contributed by atoms with Crippen molar-refractivity contribution >= 4 is 39.7 Å². The molecule has 0 aliphatic carbocycles. The molecular weight excluding hydrogens is 366 g/mol. The van der Waals surface area contributed by atoms with Crippen molar-refractivity contribution in [2.45, 2.75) is 27.7 Å². The van der Waals surface area contributed by atoms with Crippen LogP contribution in [0.3, 0.4) is 0 Å². The minimum absolute atomic E-state index is 0.133. The Morgan fingerprint density at radius 2 is 1.78 bits per heavy atom. The number of amides is 3. The van der Waals surface area contributed by atoms with Crippen molar-refractivity contribution < 1.29 is 19.1 Å². The van der Waals surface area contributed by atoms with Gasteiger partial charge in [-0.2, -0.15) is 0 Å². The molecule has 144 valence electrons. The molecule has 0 spiro atoms. The number of hydrogen-bond acceptors (Lipinski definition) is 5. The molecule has 4 N–H and O–H groups in total. The summed E-state index contributed by atoms with van der Waals surface area (Å²) in [7, 11) is 1.46. The van der Waals surface area contributed by atoms with Crippen molar-refractivity contribution in [1.82, 2.24) is 0 Å². The number of carbonyl (C=O) groups is 3. The van der Waals surface area contributed by atoms with E-state index in [0.717, 1.165) is 5.56 Å². The normalized spacial score (nSPS) is 11.0. The Labute approximate surface area is 161 Å². The number of anilines is 2. The number of benzene rings is 1. The number of hydrogen-bond donors (Lipinski definition) is 3. The zero-order chi connectivity index (χ0) is 20.4. The van der Waals surface area contributed by atoms with Gasteiger partial charge >= 0.3 is 0 Å². The van der Waals surface area contributed by atoms with Crippen LogP contribution in [-0.2, 0) is 4.79 Å². The van der Waals surface area contributed by atoms with E-state index in [2.05, 4.69) is 10.6 Å². The molecule has 27 heavy (non-hydrogen) atoms. The molecule has 0 radical (unpaired) electrons. The first kappa shape index (κ1) is 20.4. The molecule has 2 aromatic rings. The van der Waals surface area contributed by atoms with Gasteiger partial charge in [0, 0.05) is 11.0 Å². The topological polar surface area (TPSA) is 111 Å². The van der Waals surface area contributed by atoms with Gasteiger partial charge in [0.1, 0.15) is 5.75 Å². The lowest BCUT2D eigenvalue weighted by atomic mass is 9.96. The molecule has 0 atom stereocenters. The van der Waals surface area contributed by atoms with Gasteiger partial charge in [0.15, 0.2) is 0 Å². The molecule has 0 saturated carbocycles. The van der Waals surface area contributed by atoms with E-state index in [1.54, 1.807) is 19.1 Å². The summed E-state index contributed by atoms with van der Waals surface area (Å²) in [5.41, 5.74) is 6.08. The average molecular weight is 389 g/mol. The molecule has 0 bridgehead atoms. The van der Waals surface area contributed by atoms with Crippen LogP contribution in [0.1, 0.15) is 46.4 Å². The Kier molecular flexibility index (Phi) is 5.90. The summed E-state index contributed by atoms with van der Waals surface area (Å²) in [6, 6.07) is 6.30. The maximum Gasteiger partial charge on any atom is 0.266 e. The van der Waals surface area contributed by atoms with Crippen LogP contribution >= 0.6 is 11.3 Å². The molecular formula is C19H23N3O4S. The number of thiophene rings is 1. The Hall–Kier alpha value is -2.87. The quantitative estimate of drug-likeness (QED) is 0.728. The number of ether oxygens (including phenoxy) is 1. The summed E-state index contributed by atoms with van der Waals surface area (Å²) in [4.78, 5) is 36.7. The number of primary amides is 1. The number of nitrogens with one attached hydrogen (secondary N) is 2. The summed E-state index contributed by atoms with van der Waals surface area (Å²) in [5, 5.41) is 6.15. The minimum Gasteiger partial charge on any atom is -0.495 e. The van der Waals surface area contributed by atoms with E-state index in [9.17, 15) is 14.4 Å². The van der Waals surface area contributed by atoms with Crippen LogP contribution in [0, 0.1) is 12.3 Å². The third-order valence-electron chi connectivity index (χ3n) is 3.77. The average Bonchev–Trinajstić information content (AvgIpc) is 2.94. The minimum atomic E-state index is -0.604. The zero-order valence-electron chi connectivity index (χ0n) is 15.9. The Morgan fingerprint density at radius 1 is 1.11 bits per heavy atom. The fourth-order valence-electron chi connectivity index (χ4n) is 2.21. The van der Waals surface area contributed by atoms with E-state index in [1.165, 1.54) is 30.6 Å². The summed E-state index contributed by atoms with van der Waals surface area (Å²) < 4.78 is 5.22. The van der Waals surface area contributed by atoms with Crippen molar-refractivity contribution in [3.8, 4) is 5.75 Å². The van der Waals surface area contributed by atoms with Crippen molar-refractivity contribution in [2.24, 2.45) is 11.1 Å². The predicted octanol–water partition coefficient (Wildman–Crippen LogP) is 3.40. The van der Waals surface area contributed by atoms with Gasteiger partial charge in [-0.15, -0.1) is 11.3 Å². The van der Waals surface area contributed by atoms with Crippen molar-refractivity contribution in [3.63, 3.8) is 0 Å². The highest BCUT2D eigenvalue weighted by Gasteiger charge is 2.23. The highest BCUT2D eigenvalue weighted by atomic mass is 32.1. The van der Waals surface area contributed by atoms with Crippen LogP contribution in [0.2, 0.25) is 0 Å². The largest absolute Gasteiger partial charge is 0.495 e. The van der Waals surface area contributed by atoms with E-state index in [4.69, 9.17) is 10.5 Å². The number of methoxy groups -OCH3 is 1. The number of rotatable bonds is 5. The highest BCUT2D eigenvalue weighted by molar-refractivity contribution is 7.18. The molecule has 0 fully saturated rings. The number of nitrogens with two attached hydrogens (primary N) is 1. The van der Waals surface area contributed by atoms with Gasteiger partial charge in [-0.25, -0.2) is 0 Å². The standard InChI is InChI=1S/C19H23N3O4S/c1-10-8-14(22-18(25)19(2,3)4)27-15(10)17(24)21-12-9-11(16(20)23)6-7-13(12)26-5/h6-9H,1-5H3,(H2,20,23)(H,21,24)(H,22,25). The van der Waals surface area contributed by atoms with Gasteiger partial charge in [-0.1, -0.05) is 20.8 Å². The molecule has 2 rings (SSSR count). The number of aryl methyl sites for hydroxylation is 1. The van der Waals surface area contributed by atoms with Gasteiger partial charge in [0.25, 0.3) is 5.91 Å². The molecule has 0 aliphatic rings. The highest BCUT2D eigenvalue weighted by Crippen LogP contribution is 2.31. The van der Waals surface area contributed by atoms with Crippen molar-refractivity contribution in [1.29, 1.82) is 0 Å². The molecule has 3 amide bonds. The van der Waals surface area contributed by atoms with Gasteiger partial charge < -0.3 is 21.1 Å². The van der Waals surface area contributed by atoms with E-state index in [-0.39, 0.29) is 17.4 Å². The zero-order valence-corrected chi connectivity index (χ0v) is 16.7. The molecule has 7 nitrogen and oxygen atoms in total. The molecule has 1 aromatic carbocycles. The molecule has 1 aromatic heterocycles. The lowest BCUT2D eigenvalue weighted by molar-refractivity contribution is -0.123. The third-order valence-corrected chi connectivity index (χ3v) is 4.93. The monoisotopic (exact) mass is 389 g/mol. The molecule has 0 aliphatic heterocycles. The number of carbonyl (C=O) groups excluding carboxylic acids is 3. The maximum absolute atomic E-state index is 12.7. The van der Waals surface area contributed by atoms with E-state index in [1.807, 2.05) is 20.8 Å². The second kappa shape index (κ2) is 7.79. The third kappa shape index (κ3) is 4.85. The van der Waals surface area contributed by atoms with Gasteiger partial charge in [-0.3, -0.25) is 14.4 Å². The second-order valence-electron chi connectivity index (χ2n) is 7.06. The first-order chi connectivity index (χ1) is 12.5. The summed E-state index contributed by atoms with van der Waals surface area (Å²) >= 11 is 1.18. The van der Waals surface area contributed by atoms with Crippen LogP contribution in [0.4, 0.5) is 10.7 Å². The Bertz CT molecular complexity index is 897. The van der Waals surface area contributed by atoms with Gasteiger partial charge in [0.05, 0.1) is 22.7 Å². The van der Waals surface area contributed by atoms with E-state index in [0.29, 0.717) is 21.3 Å². The van der Waals surface area contributed by atoms with E-state index < -0.39 is 11.3 Å². The van der Waals surface area contributed by atoms with E-state index >= 15 is 0 Å². The lowest BCUT2D eigenvalue weighted by Gasteiger charge is -2.16. The van der Waals surface area contributed by atoms with Crippen LogP contribution in [0.15, 0.2) is 24.3 Å². The van der Waals surface area contributed by atoms with Crippen LogP contribution in [0.25, 0.3) is 0 Å². The molecule has 8 heteroatoms. The smallest absolute Gasteiger partial charge is 0.266 e. The molecule has 1 heterocycles. The van der Waals surface area contributed by atoms with Crippen molar-refractivity contribution in [3.05, 3.63) is 40.3 Å². The van der Waals surface area contributed by atoms with Crippen LogP contribution in [-0.4, -0.2) is 24.8 Å². The van der Waals surface area contributed by atoms with Gasteiger partial charge in [0.2, 0.25) is 11.8 Å². The molecule has 0 unspecified atom stereocenters. The predicted molar refractivity (Wildman–Crippen MR) is 107 cm³/mol. The summed E-state index contributed by atoms with van der Waals surface area (Å²) in [6.07, 6.45) is 0. The SMILES string of the molecule is COc1ccc(C(N)=O)cc1NC(=O)c1sc(NC(=O)C(C)(C)C)cc1C. The van der Waals surface area contributed by atoms with Crippen LogP contribution in [0.5, 0.6) is 5.75 Å². The fraction of sp³-hybridized carbons (Fsp3) is 0.316. The first-order valence-corrected chi connectivity index (χ1v) is 9.05. The lowest BCUT2D eigenvalue weighted by Crippen LogP contribution is -2.27. The van der Waals surface area contributed by atoms with Crippen molar-refractivity contribution in [2.75, 3.05) is 17.7 Å².